The van der Waals surface area contributed by atoms with Gasteiger partial charge in [0.15, 0.2) is 0 Å². The quantitative estimate of drug-likeness (QED) is 0.917. The zero-order valence-corrected chi connectivity index (χ0v) is 12.1. The molecule has 0 radical (unpaired) electrons. The fourth-order valence-corrected chi connectivity index (χ4v) is 1.87. The molecule has 0 aliphatic carbocycles. The van der Waals surface area contributed by atoms with Gasteiger partial charge in [0.1, 0.15) is 0 Å². The Morgan fingerprint density at radius 3 is 2.42 bits per heavy atom. The van der Waals surface area contributed by atoms with Crippen LogP contribution < -0.4 is 5.32 Å². The van der Waals surface area contributed by atoms with Gasteiger partial charge in [-0.1, -0.05) is 45.0 Å². The summed E-state index contributed by atoms with van der Waals surface area (Å²) in [5.74, 6) is 0. The van der Waals surface area contributed by atoms with Crippen molar-refractivity contribution in [1.82, 2.24) is 20.3 Å². The zero-order valence-electron chi connectivity index (χ0n) is 12.1. The van der Waals surface area contributed by atoms with Gasteiger partial charge in [-0.05, 0) is 29.7 Å². The Morgan fingerprint density at radius 2 is 1.84 bits per heavy atom. The predicted molar refractivity (Wildman–Crippen MR) is 77.4 cm³/mol. The summed E-state index contributed by atoms with van der Waals surface area (Å²) in [6.45, 7) is 10.4. The average molecular weight is 258 g/mol. The van der Waals surface area contributed by atoms with Crippen LogP contribution in [-0.2, 0) is 12.0 Å². The molecule has 0 atom stereocenters. The molecule has 0 amide bonds. The first-order chi connectivity index (χ1) is 9.00. The first kappa shape index (κ1) is 13.7. The highest BCUT2D eigenvalue weighted by Crippen LogP contribution is 2.22. The van der Waals surface area contributed by atoms with Gasteiger partial charge < -0.3 is 5.32 Å². The second-order valence-electron chi connectivity index (χ2n) is 5.73. The summed E-state index contributed by atoms with van der Waals surface area (Å²) in [6, 6.07) is 8.49. The Balaban J connectivity index is 2.16. The van der Waals surface area contributed by atoms with Crippen molar-refractivity contribution in [3.05, 3.63) is 41.7 Å². The van der Waals surface area contributed by atoms with Crippen molar-refractivity contribution in [2.45, 2.75) is 39.7 Å². The lowest BCUT2D eigenvalue weighted by Crippen LogP contribution is -2.11. The van der Waals surface area contributed by atoms with Crippen LogP contribution in [0.15, 0.2) is 30.5 Å². The van der Waals surface area contributed by atoms with Gasteiger partial charge in [0.25, 0.3) is 0 Å². The largest absolute Gasteiger partial charge is 0.311 e. The third kappa shape index (κ3) is 3.41. The Hall–Kier alpha value is -1.68. The van der Waals surface area contributed by atoms with Gasteiger partial charge in [0.05, 0.1) is 17.6 Å². The number of hydrogen-bond acceptors (Lipinski definition) is 3. The van der Waals surface area contributed by atoms with Crippen LogP contribution in [0, 0.1) is 0 Å². The lowest BCUT2D eigenvalue weighted by Gasteiger charge is -2.18. The number of rotatable bonds is 4. The van der Waals surface area contributed by atoms with E-state index in [-0.39, 0.29) is 5.41 Å². The Kier molecular flexibility index (Phi) is 4.00. The van der Waals surface area contributed by atoms with E-state index in [0.29, 0.717) is 0 Å². The molecule has 0 bridgehead atoms. The van der Waals surface area contributed by atoms with E-state index in [1.165, 1.54) is 5.56 Å². The number of hydrogen-bond donors (Lipinski definition) is 1. The zero-order chi connectivity index (χ0) is 13.9. The SMILES string of the molecule is CCNCc1cn(-c2ccc(C(C)(C)C)cc2)nn1. The van der Waals surface area contributed by atoms with Crippen molar-refractivity contribution in [3.63, 3.8) is 0 Å². The van der Waals surface area contributed by atoms with Gasteiger partial charge in [-0.25, -0.2) is 4.68 Å². The van der Waals surface area contributed by atoms with Crippen molar-refractivity contribution in [1.29, 1.82) is 0 Å². The second-order valence-corrected chi connectivity index (χ2v) is 5.73. The molecule has 0 fully saturated rings. The van der Waals surface area contributed by atoms with Crippen LogP contribution in [0.3, 0.4) is 0 Å². The van der Waals surface area contributed by atoms with Crippen LogP contribution in [0.25, 0.3) is 5.69 Å². The van der Waals surface area contributed by atoms with Crippen LogP contribution >= 0.6 is 0 Å². The number of nitrogens with zero attached hydrogens (tertiary/aromatic N) is 3. The smallest absolute Gasteiger partial charge is 0.0969 e. The second kappa shape index (κ2) is 5.53. The Morgan fingerprint density at radius 1 is 1.16 bits per heavy atom. The maximum absolute atomic E-state index is 4.16. The molecule has 4 heteroatoms. The van der Waals surface area contributed by atoms with Crippen molar-refractivity contribution in [2.75, 3.05) is 6.54 Å². The molecule has 1 aromatic carbocycles. The molecule has 0 spiro atoms. The molecule has 2 rings (SSSR count). The first-order valence-electron chi connectivity index (χ1n) is 6.73. The monoisotopic (exact) mass is 258 g/mol. The maximum Gasteiger partial charge on any atom is 0.0969 e. The summed E-state index contributed by atoms with van der Waals surface area (Å²) in [5, 5.41) is 11.6. The van der Waals surface area contributed by atoms with Gasteiger partial charge in [0.2, 0.25) is 0 Å². The molecule has 0 saturated heterocycles. The minimum Gasteiger partial charge on any atom is -0.311 e. The fourth-order valence-electron chi connectivity index (χ4n) is 1.87. The van der Waals surface area contributed by atoms with Gasteiger partial charge in [-0.3, -0.25) is 0 Å². The van der Waals surface area contributed by atoms with Crippen molar-refractivity contribution in [2.24, 2.45) is 0 Å². The lowest BCUT2D eigenvalue weighted by atomic mass is 9.87. The minimum atomic E-state index is 0.178. The minimum absolute atomic E-state index is 0.178. The maximum atomic E-state index is 4.16. The Bertz CT molecular complexity index is 520. The van der Waals surface area contributed by atoms with Gasteiger partial charge in [0, 0.05) is 6.54 Å². The summed E-state index contributed by atoms with van der Waals surface area (Å²) in [4.78, 5) is 0. The molecular weight excluding hydrogens is 236 g/mol. The first-order valence-corrected chi connectivity index (χ1v) is 6.73. The normalized spacial score (nSPS) is 11.8. The van der Waals surface area contributed by atoms with E-state index in [2.05, 4.69) is 67.6 Å². The van der Waals surface area contributed by atoms with E-state index in [1.54, 1.807) is 0 Å². The molecule has 1 heterocycles. The van der Waals surface area contributed by atoms with E-state index in [1.807, 2.05) is 10.9 Å². The van der Waals surface area contributed by atoms with E-state index in [4.69, 9.17) is 0 Å². The summed E-state index contributed by atoms with van der Waals surface area (Å²) in [5.41, 5.74) is 3.51. The molecule has 0 saturated carbocycles. The highest BCUT2D eigenvalue weighted by Gasteiger charge is 2.13. The molecule has 1 N–H and O–H groups in total. The summed E-state index contributed by atoms with van der Waals surface area (Å²) in [6.07, 6.45) is 1.97. The molecular formula is C15H22N4. The molecule has 102 valence electrons. The number of aromatic nitrogens is 3. The molecule has 1 aromatic heterocycles. The molecule has 2 aromatic rings. The molecule has 0 aliphatic rings. The molecule has 19 heavy (non-hydrogen) atoms. The molecule has 4 nitrogen and oxygen atoms in total. The molecule has 0 aliphatic heterocycles. The lowest BCUT2D eigenvalue weighted by molar-refractivity contribution is 0.590. The highest BCUT2D eigenvalue weighted by molar-refractivity contribution is 5.36. The van der Waals surface area contributed by atoms with E-state index < -0.39 is 0 Å². The number of benzene rings is 1. The van der Waals surface area contributed by atoms with Crippen LogP contribution in [0.5, 0.6) is 0 Å². The third-order valence-electron chi connectivity index (χ3n) is 3.09. The van der Waals surface area contributed by atoms with E-state index in [0.717, 1.165) is 24.5 Å². The number of nitrogens with one attached hydrogen (secondary N) is 1. The topological polar surface area (TPSA) is 42.7 Å². The van der Waals surface area contributed by atoms with Gasteiger partial charge >= 0.3 is 0 Å². The highest BCUT2D eigenvalue weighted by atomic mass is 15.4. The van der Waals surface area contributed by atoms with E-state index in [9.17, 15) is 0 Å². The van der Waals surface area contributed by atoms with Gasteiger partial charge in [-0.15, -0.1) is 5.10 Å². The van der Waals surface area contributed by atoms with Crippen LogP contribution in [-0.4, -0.2) is 21.5 Å². The standard InChI is InChI=1S/C15H22N4/c1-5-16-10-13-11-19(18-17-13)14-8-6-12(7-9-14)15(2,3)4/h6-9,11,16H,5,10H2,1-4H3. The average Bonchev–Trinajstić information content (AvgIpc) is 2.84. The van der Waals surface area contributed by atoms with Crippen LogP contribution in [0.4, 0.5) is 0 Å². The summed E-state index contributed by atoms with van der Waals surface area (Å²) >= 11 is 0. The predicted octanol–water partition coefficient (Wildman–Crippen LogP) is 2.67. The van der Waals surface area contributed by atoms with Crippen molar-refractivity contribution in [3.8, 4) is 5.69 Å². The van der Waals surface area contributed by atoms with E-state index >= 15 is 0 Å². The van der Waals surface area contributed by atoms with Gasteiger partial charge in [-0.2, -0.15) is 0 Å². The van der Waals surface area contributed by atoms with Crippen molar-refractivity contribution >= 4 is 0 Å². The van der Waals surface area contributed by atoms with Crippen LogP contribution in [0.1, 0.15) is 39.0 Å². The Labute approximate surface area is 114 Å². The van der Waals surface area contributed by atoms with Crippen LogP contribution in [0.2, 0.25) is 0 Å². The third-order valence-corrected chi connectivity index (χ3v) is 3.09. The van der Waals surface area contributed by atoms with Crippen molar-refractivity contribution < 1.29 is 0 Å². The fraction of sp³-hybridized carbons (Fsp3) is 0.467. The molecule has 0 unspecified atom stereocenters. The summed E-state index contributed by atoms with van der Waals surface area (Å²) < 4.78 is 1.82. The summed E-state index contributed by atoms with van der Waals surface area (Å²) in [7, 11) is 0.